The average molecular weight is 387 g/mol. The van der Waals surface area contributed by atoms with E-state index >= 15 is 0 Å². The molecule has 7 nitrogen and oxygen atoms in total. The molecule has 0 bridgehead atoms. The van der Waals surface area contributed by atoms with Crippen molar-refractivity contribution < 1.29 is 17.9 Å². The topological polar surface area (TPSA) is 96.9 Å². The van der Waals surface area contributed by atoms with Crippen molar-refractivity contribution in [3.05, 3.63) is 59.7 Å². The highest BCUT2D eigenvalue weighted by molar-refractivity contribution is 7.90. The number of sulfonamides is 1. The highest BCUT2D eigenvalue weighted by Crippen LogP contribution is 2.22. The lowest BCUT2D eigenvalue weighted by atomic mass is 10.1. The van der Waals surface area contributed by atoms with Gasteiger partial charge in [-0.05, 0) is 43.2 Å². The van der Waals surface area contributed by atoms with Gasteiger partial charge in [-0.3, -0.25) is 14.5 Å². The normalized spacial score (nSPS) is 17.0. The Morgan fingerprint density at radius 1 is 1.19 bits per heavy atom. The summed E-state index contributed by atoms with van der Waals surface area (Å²) in [4.78, 5) is 16.7. The summed E-state index contributed by atoms with van der Waals surface area (Å²) in [6.07, 6.45) is 0.675. The molecule has 0 spiro atoms. The van der Waals surface area contributed by atoms with E-state index in [1.54, 1.807) is 32.2 Å². The number of nitrogens with one attached hydrogen (secondary N) is 2. The molecule has 2 N–H and O–H groups in total. The molecule has 0 aromatic heterocycles. The average Bonchev–Trinajstić information content (AvgIpc) is 2.92. The molecule has 3 rings (SSSR count). The molecule has 142 valence electrons. The fourth-order valence-electron chi connectivity index (χ4n) is 2.75. The first-order valence-corrected chi connectivity index (χ1v) is 9.99. The highest BCUT2D eigenvalue weighted by Gasteiger charge is 2.31. The van der Waals surface area contributed by atoms with Gasteiger partial charge >= 0.3 is 0 Å². The Hall–Kier alpha value is -2.87. The van der Waals surface area contributed by atoms with Crippen molar-refractivity contribution in [1.82, 2.24) is 10.0 Å². The van der Waals surface area contributed by atoms with Crippen LogP contribution < -0.4 is 14.8 Å². The van der Waals surface area contributed by atoms with Gasteiger partial charge in [-0.25, -0.2) is 8.42 Å². The number of aliphatic imine (C=N–C) groups is 1. The van der Waals surface area contributed by atoms with E-state index in [2.05, 4.69) is 15.0 Å². The van der Waals surface area contributed by atoms with Crippen molar-refractivity contribution in [3.63, 3.8) is 0 Å². The first-order valence-electron chi connectivity index (χ1n) is 8.51. The molecule has 8 heteroatoms. The Bertz CT molecular complexity index is 969. The Kier molecular flexibility index (Phi) is 5.46. The number of carbonyl (C=O) groups is 1. The predicted octanol–water partition coefficient (Wildman–Crippen LogP) is 1.48. The molecule has 27 heavy (non-hydrogen) atoms. The van der Waals surface area contributed by atoms with Crippen LogP contribution in [-0.2, 0) is 21.2 Å². The van der Waals surface area contributed by atoms with Crippen LogP contribution in [0.15, 0.2) is 58.4 Å². The zero-order chi connectivity index (χ0) is 19.4. The number of carbonyl (C=O) groups excluding carboxylic acids is 1. The number of amidine groups is 1. The minimum Gasteiger partial charge on any atom is -0.497 e. The van der Waals surface area contributed by atoms with E-state index in [9.17, 15) is 13.2 Å². The van der Waals surface area contributed by atoms with Crippen LogP contribution in [-0.4, -0.2) is 39.9 Å². The summed E-state index contributed by atoms with van der Waals surface area (Å²) in [5.74, 6) is 0.717. The molecule has 1 aliphatic rings. The summed E-state index contributed by atoms with van der Waals surface area (Å²) in [5.41, 5.74) is 1.56. The van der Waals surface area contributed by atoms with Crippen LogP contribution in [0.4, 0.5) is 0 Å². The van der Waals surface area contributed by atoms with E-state index < -0.39 is 16.1 Å². The first kappa shape index (κ1) is 18.9. The van der Waals surface area contributed by atoms with Crippen LogP contribution in [0.5, 0.6) is 5.75 Å². The fourth-order valence-corrected chi connectivity index (χ4v) is 3.99. The van der Waals surface area contributed by atoms with Gasteiger partial charge in [0.25, 0.3) is 10.0 Å². The van der Waals surface area contributed by atoms with Gasteiger partial charge in [-0.2, -0.15) is 0 Å². The van der Waals surface area contributed by atoms with Crippen LogP contribution in [0.25, 0.3) is 0 Å². The summed E-state index contributed by atoms with van der Waals surface area (Å²) < 4.78 is 31.7. The molecule has 0 saturated heterocycles. The van der Waals surface area contributed by atoms with E-state index in [4.69, 9.17) is 4.74 Å². The predicted molar refractivity (Wildman–Crippen MR) is 102 cm³/mol. The Morgan fingerprint density at radius 3 is 2.59 bits per heavy atom. The van der Waals surface area contributed by atoms with Crippen LogP contribution in [0.1, 0.15) is 18.1 Å². The zero-order valence-electron chi connectivity index (χ0n) is 15.1. The van der Waals surface area contributed by atoms with Crippen molar-refractivity contribution in [3.8, 4) is 5.75 Å². The molecule has 2 aromatic rings. The zero-order valence-corrected chi connectivity index (χ0v) is 15.9. The lowest BCUT2D eigenvalue weighted by molar-refractivity contribution is -0.121. The molecule has 0 radical (unpaired) electrons. The molecule has 1 aliphatic heterocycles. The van der Waals surface area contributed by atoms with Gasteiger partial charge in [0.2, 0.25) is 5.91 Å². The quantitative estimate of drug-likeness (QED) is 0.785. The number of ether oxygens (including phenoxy) is 1. The number of hydrogen-bond donors (Lipinski definition) is 2. The van der Waals surface area contributed by atoms with Gasteiger partial charge in [0.15, 0.2) is 0 Å². The molecule has 1 heterocycles. The molecule has 1 amide bonds. The number of nitrogens with zero attached hydrogens (tertiary/aromatic N) is 1. The second-order valence-electron chi connectivity index (χ2n) is 6.14. The summed E-state index contributed by atoms with van der Waals surface area (Å²) >= 11 is 0. The highest BCUT2D eigenvalue weighted by atomic mass is 32.2. The number of rotatable bonds is 6. The number of benzene rings is 2. The Balaban J connectivity index is 1.60. The van der Waals surface area contributed by atoms with Gasteiger partial charge in [0.1, 0.15) is 17.6 Å². The second kappa shape index (κ2) is 7.79. The van der Waals surface area contributed by atoms with Gasteiger partial charge in [-0.15, -0.1) is 0 Å². The van der Waals surface area contributed by atoms with E-state index in [0.717, 1.165) is 11.3 Å². The van der Waals surface area contributed by atoms with Gasteiger partial charge in [0, 0.05) is 12.1 Å². The molecule has 0 saturated carbocycles. The van der Waals surface area contributed by atoms with E-state index in [0.29, 0.717) is 18.5 Å². The van der Waals surface area contributed by atoms with Crippen LogP contribution >= 0.6 is 0 Å². The van der Waals surface area contributed by atoms with Crippen LogP contribution in [0.2, 0.25) is 0 Å². The number of methoxy groups -OCH3 is 1. The van der Waals surface area contributed by atoms with E-state index in [1.165, 1.54) is 6.07 Å². The van der Waals surface area contributed by atoms with Crippen molar-refractivity contribution >= 4 is 21.8 Å². The summed E-state index contributed by atoms with van der Waals surface area (Å²) in [6, 6.07) is 13.5. The lowest BCUT2D eigenvalue weighted by Crippen LogP contribution is -2.35. The van der Waals surface area contributed by atoms with Crippen molar-refractivity contribution in [2.75, 3.05) is 13.7 Å². The maximum Gasteiger partial charge on any atom is 0.263 e. The SMILES string of the molecule is COc1ccc(CCNC(=O)C(C)N=C2NS(=O)(=O)c3ccccc32)cc1. The monoisotopic (exact) mass is 387 g/mol. The first-order chi connectivity index (χ1) is 12.9. The molecule has 1 unspecified atom stereocenters. The Morgan fingerprint density at radius 2 is 1.89 bits per heavy atom. The van der Waals surface area contributed by atoms with Gasteiger partial charge in [-0.1, -0.05) is 24.3 Å². The second-order valence-corrected chi connectivity index (χ2v) is 7.80. The van der Waals surface area contributed by atoms with Crippen LogP contribution in [0, 0.1) is 0 Å². The van der Waals surface area contributed by atoms with Crippen molar-refractivity contribution in [2.45, 2.75) is 24.3 Å². The molecular weight excluding hydrogens is 366 g/mol. The number of fused-ring (bicyclic) bond motifs is 1. The maximum atomic E-state index is 12.3. The number of amides is 1. The third kappa shape index (κ3) is 4.28. The summed E-state index contributed by atoms with van der Waals surface area (Å²) in [6.45, 7) is 2.09. The smallest absolute Gasteiger partial charge is 0.263 e. The fraction of sp³-hybridized carbons (Fsp3) is 0.263. The third-order valence-electron chi connectivity index (χ3n) is 4.24. The molecular formula is C19H21N3O4S. The van der Waals surface area contributed by atoms with Crippen molar-refractivity contribution in [2.24, 2.45) is 4.99 Å². The Labute approximate surface area is 158 Å². The molecule has 0 aliphatic carbocycles. The summed E-state index contributed by atoms with van der Waals surface area (Å²) in [5, 5.41) is 2.82. The lowest BCUT2D eigenvalue weighted by Gasteiger charge is -2.10. The third-order valence-corrected chi connectivity index (χ3v) is 5.63. The van der Waals surface area contributed by atoms with E-state index in [-0.39, 0.29) is 16.6 Å². The maximum absolute atomic E-state index is 12.3. The van der Waals surface area contributed by atoms with Gasteiger partial charge in [0.05, 0.1) is 12.0 Å². The largest absolute Gasteiger partial charge is 0.497 e. The standard InChI is InChI=1S/C19H21N3O4S/c1-13(19(23)20-12-11-14-7-9-15(26-2)10-8-14)21-18-16-5-3-4-6-17(16)27(24,25)22-18/h3-10,13H,11-12H2,1-2H3,(H,20,23)(H,21,22). The molecule has 1 atom stereocenters. The molecule has 2 aromatic carbocycles. The summed E-state index contributed by atoms with van der Waals surface area (Å²) in [7, 11) is -2.00. The van der Waals surface area contributed by atoms with Crippen molar-refractivity contribution in [1.29, 1.82) is 0 Å². The van der Waals surface area contributed by atoms with Gasteiger partial charge < -0.3 is 10.1 Å². The number of hydrogen-bond acceptors (Lipinski definition) is 5. The minimum absolute atomic E-state index is 0.177. The minimum atomic E-state index is -3.61. The van der Waals surface area contributed by atoms with Crippen LogP contribution in [0.3, 0.4) is 0 Å². The molecule has 0 fully saturated rings. The van der Waals surface area contributed by atoms with E-state index in [1.807, 2.05) is 24.3 Å².